The lowest BCUT2D eigenvalue weighted by Gasteiger charge is -2.34. The summed E-state index contributed by atoms with van der Waals surface area (Å²) in [4.78, 5) is 7.81. The van der Waals surface area contributed by atoms with Crippen molar-refractivity contribution in [3.05, 3.63) is 235 Å². The Morgan fingerprint density at radius 1 is 0.484 bits per heavy atom. The Morgan fingerprint density at radius 2 is 1.19 bits per heavy atom. The molecule has 5 heteroatoms. The Balaban J connectivity index is 1.01. The first kappa shape index (κ1) is 35.1. The molecule has 0 spiro atoms. The van der Waals surface area contributed by atoms with Crippen LogP contribution >= 0.6 is 0 Å². The van der Waals surface area contributed by atoms with E-state index in [-0.39, 0.29) is 24.3 Å². The molecule has 0 radical (unpaired) electrons. The number of rotatable bonds is 5. The molecule has 2 aliphatic heterocycles. The van der Waals surface area contributed by atoms with Gasteiger partial charge in [0.15, 0.2) is 0 Å². The van der Waals surface area contributed by atoms with Crippen molar-refractivity contribution in [2.45, 2.75) is 24.3 Å². The van der Waals surface area contributed by atoms with E-state index in [1.807, 2.05) is 0 Å². The van der Waals surface area contributed by atoms with Crippen LogP contribution in [-0.2, 0) is 0 Å². The number of anilines is 2. The zero-order valence-corrected chi connectivity index (χ0v) is 33.9. The maximum Gasteiger partial charge on any atom is 0.131 e. The normalized spacial score (nSPS) is 19.3. The fourth-order valence-electron chi connectivity index (χ4n) is 10.5. The zero-order chi connectivity index (χ0) is 40.7. The van der Waals surface area contributed by atoms with Gasteiger partial charge in [0, 0.05) is 44.7 Å². The molecule has 0 saturated heterocycles. The smallest absolute Gasteiger partial charge is 0.131 e. The van der Waals surface area contributed by atoms with Crippen LogP contribution in [0.4, 0.5) is 11.4 Å². The minimum Gasteiger partial charge on any atom is -0.350 e. The summed E-state index contributed by atoms with van der Waals surface area (Å²) in [6, 6.07) is 68.7. The highest BCUT2D eigenvalue weighted by atomic mass is 15.3. The van der Waals surface area contributed by atoms with Gasteiger partial charge in [-0.25, -0.2) is 4.99 Å². The number of hydrogen-bond donors (Lipinski definition) is 2. The van der Waals surface area contributed by atoms with Crippen LogP contribution in [0.2, 0.25) is 0 Å². The summed E-state index contributed by atoms with van der Waals surface area (Å²) < 4.78 is 2.49. The first-order valence-electron chi connectivity index (χ1n) is 21.6. The maximum absolute atomic E-state index is 5.20. The average molecular weight is 796 g/mol. The third-order valence-corrected chi connectivity index (χ3v) is 13.3. The molecule has 9 aromatic carbocycles. The maximum atomic E-state index is 5.20. The largest absolute Gasteiger partial charge is 0.350 e. The highest BCUT2D eigenvalue weighted by Crippen LogP contribution is 2.52. The number of aromatic nitrogens is 1. The molecule has 0 amide bonds. The highest BCUT2D eigenvalue weighted by molar-refractivity contribution is 6.22. The SMILES string of the molecule is C1=CC2c3cc4c5c6ccccc6ccc5n(-c5ccc6ccccc6c5)c4cc3N(c3ccc(C4NC(c5ccccc5)=NC(c5ccccc5)N4)c4ccccc34)C2C=C1. The van der Waals surface area contributed by atoms with Crippen LogP contribution in [0.5, 0.6) is 0 Å². The summed E-state index contributed by atoms with van der Waals surface area (Å²) in [7, 11) is 0. The van der Waals surface area contributed by atoms with Crippen molar-refractivity contribution >= 4 is 71.3 Å². The summed E-state index contributed by atoms with van der Waals surface area (Å²) in [5, 5.41) is 17.7. The van der Waals surface area contributed by atoms with E-state index in [9.17, 15) is 0 Å². The summed E-state index contributed by atoms with van der Waals surface area (Å²) in [5.41, 5.74) is 10.8. The molecule has 5 nitrogen and oxygen atoms in total. The fraction of sp³-hybridized carbons (Fsp3) is 0.0702. The van der Waals surface area contributed by atoms with Crippen molar-refractivity contribution in [1.82, 2.24) is 15.2 Å². The summed E-state index contributed by atoms with van der Waals surface area (Å²) in [6.45, 7) is 0. The van der Waals surface area contributed by atoms with E-state index in [1.54, 1.807) is 0 Å². The van der Waals surface area contributed by atoms with Crippen LogP contribution in [0, 0.1) is 0 Å². The lowest BCUT2D eigenvalue weighted by molar-refractivity contribution is 0.411. The van der Waals surface area contributed by atoms with Crippen LogP contribution in [0.25, 0.3) is 59.8 Å². The van der Waals surface area contributed by atoms with Gasteiger partial charge in [-0.3, -0.25) is 5.32 Å². The Bertz CT molecular complexity index is 3510. The summed E-state index contributed by atoms with van der Waals surface area (Å²) in [5.74, 6) is 1.08. The molecule has 1 aromatic heterocycles. The van der Waals surface area contributed by atoms with Gasteiger partial charge < -0.3 is 14.8 Å². The van der Waals surface area contributed by atoms with Crippen LogP contribution in [0.3, 0.4) is 0 Å². The molecule has 3 aliphatic rings. The van der Waals surface area contributed by atoms with E-state index in [0.717, 1.165) is 22.6 Å². The van der Waals surface area contributed by atoms with Gasteiger partial charge in [-0.1, -0.05) is 176 Å². The van der Waals surface area contributed by atoms with Crippen molar-refractivity contribution in [2.75, 3.05) is 4.90 Å². The second-order valence-corrected chi connectivity index (χ2v) is 16.8. The number of benzene rings is 9. The predicted octanol–water partition coefficient (Wildman–Crippen LogP) is 13.3. The molecule has 2 N–H and O–H groups in total. The molecule has 13 rings (SSSR count). The number of allylic oxidation sites excluding steroid dienone is 2. The molecule has 3 heterocycles. The quantitative estimate of drug-likeness (QED) is 0.182. The van der Waals surface area contributed by atoms with Gasteiger partial charge in [-0.15, -0.1) is 0 Å². The standard InChI is InChI=1S/C57H41N5/c1-3-17-38(18-4-1)55-58-56(39-19-5-2-6-20-39)60-57(59-55)46-30-32-50(44-24-12-11-23-43(44)46)62-49-26-14-13-25-45(49)47-34-48-53(35-52(47)62)61(41-29-27-36-15-7-8-21-40(36)33-41)51-31-28-37-16-9-10-22-42(37)54(48)51/h1-35,45,49,55,57,59H,(H,58,60). The second kappa shape index (κ2) is 13.9. The van der Waals surface area contributed by atoms with Crippen molar-refractivity contribution in [1.29, 1.82) is 0 Å². The van der Waals surface area contributed by atoms with Crippen molar-refractivity contribution < 1.29 is 0 Å². The predicted molar refractivity (Wildman–Crippen MR) is 258 cm³/mol. The molecule has 0 fully saturated rings. The molecular weight excluding hydrogens is 755 g/mol. The number of nitrogens with zero attached hydrogens (tertiary/aromatic N) is 3. The number of fused-ring (bicyclic) bond motifs is 10. The van der Waals surface area contributed by atoms with Crippen LogP contribution in [0.15, 0.2) is 217 Å². The van der Waals surface area contributed by atoms with E-state index < -0.39 is 0 Å². The molecule has 62 heavy (non-hydrogen) atoms. The second-order valence-electron chi connectivity index (χ2n) is 16.8. The van der Waals surface area contributed by atoms with E-state index in [1.165, 1.54) is 76.6 Å². The van der Waals surface area contributed by atoms with Crippen molar-refractivity contribution in [2.24, 2.45) is 4.99 Å². The van der Waals surface area contributed by atoms with E-state index in [4.69, 9.17) is 4.99 Å². The van der Waals surface area contributed by atoms with Crippen LogP contribution in [0.1, 0.15) is 40.5 Å². The number of amidine groups is 1. The fourth-order valence-corrected chi connectivity index (χ4v) is 10.5. The zero-order valence-electron chi connectivity index (χ0n) is 33.9. The molecule has 0 bridgehead atoms. The van der Waals surface area contributed by atoms with Gasteiger partial charge in [0.2, 0.25) is 0 Å². The topological polar surface area (TPSA) is 44.6 Å². The molecular formula is C57H41N5. The Labute approximate surface area is 359 Å². The Hall–Kier alpha value is -7.73. The first-order valence-corrected chi connectivity index (χ1v) is 21.6. The molecule has 1 aliphatic carbocycles. The van der Waals surface area contributed by atoms with Gasteiger partial charge in [-0.2, -0.15) is 0 Å². The lowest BCUT2D eigenvalue weighted by atomic mass is 9.90. The van der Waals surface area contributed by atoms with Crippen LogP contribution < -0.4 is 15.5 Å². The van der Waals surface area contributed by atoms with Gasteiger partial charge in [0.25, 0.3) is 0 Å². The minimum atomic E-state index is -0.213. The Morgan fingerprint density at radius 3 is 2.05 bits per heavy atom. The van der Waals surface area contributed by atoms with E-state index in [0.29, 0.717) is 0 Å². The number of nitrogens with one attached hydrogen (secondary N) is 2. The van der Waals surface area contributed by atoms with E-state index in [2.05, 4.69) is 232 Å². The molecule has 0 saturated carbocycles. The van der Waals surface area contributed by atoms with Gasteiger partial charge in [-0.05, 0) is 80.0 Å². The lowest BCUT2D eigenvalue weighted by Crippen LogP contribution is -2.45. The van der Waals surface area contributed by atoms with Crippen molar-refractivity contribution in [3.8, 4) is 5.69 Å². The summed E-state index contributed by atoms with van der Waals surface area (Å²) >= 11 is 0. The van der Waals surface area contributed by atoms with Crippen molar-refractivity contribution in [3.63, 3.8) is 0 Å². The number of hydrogen-bond acceptors (Lipinski definition) is 4. The summed E-state index contributed by atoms with van der Waals surface area (Å²) in [6.07, 6.45) is 8.84. The first-order chi connectivity index (χ1) is 30.7. The monoisotopic (exact) mass is 795 g/mol. The minimum absolute atomic E-state index is 0.123. The average Bonchev–Trinajstić information content (AvgIpc) is 3.85. The molecule has 4 atom stereocenters. The van der Waals surface area contributed by atoms with Gasteiger partial charge >= 0.3 is 0 Å². The van der Waals surface area contributed by atoms with E-state index >= 15 is 0 Å². The Kier molecular flexibility index (Phi) is 7.87. The molecule has 10 aromatic rings. The third-order valence-electron chi connectivity index (χ3n) is 13.3. The van der Waals surface area contributed by atoms with Gasteiger partial charge in [0.05, 0.1) is 17.1 Å². The van der Waals surface area contributed by atoms with Gasteiger partial charge in [0.1, 0.15) is 18.2 Å². The highest BCUT2D eigenvalue weighted by Gasteiger charge is 2.39. The number of aliphatic imine (C=N–C) groups is 1. The third kappa shape index (κ3) is 5.42. The molecule has 294 valence electrons. The molecule has 4 unspecified atom stereocenters. The van der Waals surface area contributed by atoms with Crippen LogP contribution in [-0.4, -0.2) is 16.4 Å².